The third-order valence-corrected chi connectivity index (χ3v) is 15.6. The van der Waals surface area contributed by atoms with Gasteiger partial charge in [-0.3, -0.25) is 14.4 Å². The van der Waals surface area contributed by atoms with Crippen molar-refractivity contribution in [2.75, 3.05) is 13.2 Å². The summed E-state index contributed by atoms with van der Waals surface area (Å²) in [6.07, 6.45) is 93.2. The van der Waals surface area contributed by atoms with Crippen LogP contribution in [-0.2, 0) is 28.6 Å². The summed E-state index contributed by atoms with van der Waals surface area (Å²) in [6, 6.07) is 0. The predicted molar refractivity (Wildman–Crippen MR) is 358 cm³/mol. The van der Waals surface area contributed by atoms with Gasteiger partial charge in [0.1, 0.15) is 13.2 Å². The Morgan fingerprint density at radius 1 is 0.256 bits per heavy atom. The fourth-order valence-corrected chi connectivity index (χ4v) is 10.3. The molecule has 0 aromatic heterocycles. The highest BCUT2D eigenvalue weighted by atomic mass is 16.6. The normalized spacial score (nSPS) is 12.6. The van der Waals surface area contributed by atoms with E-state index in [4.69, 9.17) is 14.2 Å². The van der Waals surface area contributed by atoms with Gasteiger partial charge in [-0.1, -0.05) is 331 Å². The van der Waals surface area contributed by atoms with E-state index in [0.29, 0.717) is 19.3 Å². The molecule has 0 aromatic carbocycles. The summed E-state index contributed by atoms with van der Waals surface area (Å²) in [4.78, 5) is 38.5. The summed E-state index contributed by atoms with van der Waals surface area (Å²) >= 11 is 0. The van der Waals surface area contributed by atoms with Crippen LogP contribution in [0.1, 0.15) is 361 Å². The monoisotopic (exact) mass is 1140 g/mol. The van der Waals surface area contributed by atoms with E-state index in [2.05, 4.69) is 106 Å². The smallest absolute Gasteiger partial charge is 0.306 e. The average molecular weight is 1140 g/mol. The molecule has 0 heterocycles. The Kier molecular flexibility index (Phi) is 67.2. The van der Waals surface area contributed by atoms with Crippen molar-refractivity contribution in [3.63, 3.8) is 0 Å². The molecule has 0 amide bonds. The van der Waals surface area contributed by atoms with Crippen LogP contribution in [0, 0.1) is 0 Å². The van der Waals surface area contributed by atoms with Crippen LogP contribution in [0.4, 0.5) is 0 Å². The molecule has 0 fully saturated rings. The van der Waals surface area contributed by atoms with Gasteiger partial charge in [0.15, 0.2) is 6.10 Å². The number of allylic oxidation sites excluding steroid dienone is 14. The number of esters is 3. The molecule has 6 nitrogen and oxygen atoms in total. The largest absolute Gasteiger partial charge is 0.462 e. The number of carbonyl (C=O) groups is 3. The quantitative estimate of drug-likeness (QED) is 0.0261. The van der Waals surface area contributed by atoms with Gasteiger partial charge in [0, 0.05) is 19.3 Å². The lowest BCUT2D eigenvalue weighted by molar-refractivity contribution is -0.167. The first kappa shape index (κ1) is 78.6. The topological polar surface area (TPSA) is 78.9 Å². The van der Waals surface area contributed by atoms with Crippen LogP contribution in [-0.4, -0.2) is 37.2 Å². The first-order chi connectivity index (χ1) is 40.5. The molecule has 82 heavy (non-hydrogen) atoms. The van der Waals surface area contributed by atoms with Crippen LogP contribution in [0.15, 0.2) is 85.1 Å². The second kappa shape index (κ2) is 70.1. The van der Waals surface area contributed by atoms with Gasteiger partial charge in [0.05, 0.1) is 0 Å². The predicted octanol–water partition coefficient (Wildman–Crippen LogP) is 24.6. The Balaban J connectivity index is 4.42. The van der Waals surface area contributed by atoms with Crippen LogP contribution in [0.3, 0.4) is 0 Å². The average Bonchev–Trinajstić information content (AvgIpc) is 3.47. The van der Waals surface area contributed by atoms with E-state index in [-0.39, 0.29) is 37.5 Å². The highest BCUT2D eigenvalue weighted by molar-refractivity contribution is 5.71. The molecule has 0 rings (SSSR count). The van der Waals surface area contributed by atoms with E-state index >= 15 is 0 Å². The number of rotatable bonds is 65. The summed E-state index contributed by atoms with van der Waals surface area (Å²) in [6.45, 7) is 6.55. The van der Waals surface area contributed by atoms with E-state index in [1.165, 1.54) is 225 Å². The van der Waals surface area contributed by atoms with Crippen molar-refractivity contribution in [1.82, 2.24) is 0 Å². The molecule has 0 bridgehead atoms. The molecule has 0 saturated carbocycles. The second-order valence-electron chi connectivity index (χ2n) is 23.8. The number of hydrogen-bond donors (Lipinski definition) is 0. The first-order valence-corrected chi connectivity index (χ1v) is 35.6. The molecule has 0 aliphatic rings. The van der Waals surface area contributed by atoms with Gasteiger partial charge in [-0.2, -0.15) is 0 Å². The van der Waals surface area contributed by atoms with E-state index in [0.717, 1.165) is 89.9 Å². The molecular formula is C76H134O6. The molecule has 0 aliphatic carbocycles. The third-order valence-electron chi connectivity index (χ3n) is 15.6. The zero-order valence-electron chi connectivity index (χ0n) is 54.5. The van der Waals surface area contributed by atoms with Gasteiger partial charge in [-0.15, -0.1) is 0 Å². The van der Waals surface area contributed by atoms with Crippen molar-refractivity contribution in [2.45, 2.75) is 367 Å². The van der Waals surface area contributed by atoms with Crippen molar-refractivity contribution in [1.29, 1.82) is 0 Å². The Bertz CT molecular complexity index is 1550. The summed E-state index contributed by atoms with van der Waals surface area (Å²) < 4.78 is 17.0. The minimum absolute atomic E-state index is 0.0915. The maximum absolute atomic E-state index is 12.9. The summed E-state index contributed by atoms with van der Waals surface area (Å²) in [7, 11) is 0. The van der Waals surface area contributed by atoms with E-state index in [1.54, 1.807) is 0 Å². The number of hydrogen-bond acceptors (Lipinski definition) is 6. The molecule has 474 valence electrons. The molecule has 6 heteroatoms. The van der Waals surface area contributed by atoms with Crippen LogP contribution in [0.2, 0.25) is 0 Å². The van der Waals surface area contributed by atoms with Gasteiger partial charge in [-0.25, -0.2) is 0 Å². The highest BCUT2D eigenvalue weighted by Crippen LogP contribution is 2.18. The SMILES string of the molecule is CC/C=C\C/C=C\C/C=C\C/C=C\C/C=C\C/C=C\CCCCC(=O)OC(COC(=O)CCCCCCCCCCC/C=C\CCCCCCCCCC)COC(=O)CCCCCCCCCCCCCCCCCCCCCCCC. The van der Waals surface area contributed by atoms with Crippen molar-refractivity contribution in [3.05, 3.63) is 85.1 Å². The molecule has 0 spiro atoms. The van der Waals surface area contributed by atoms with Gasteiger partial charge in [-0.05, 0) is 96.3 Å². The van der Waals surface area contributed by atoms with Gasteiger partial charge < -0.3 is 14.2 Å². The standard InChI is InChI=1S/C76H134O6/c1-4-7-10-13-16-19-22-25-28-31-34-37-40-42-45-48-51-54-57-60-63-66-69-75(78)81-72-73(82-76(79)70-67-64-61-58-55-52-49-46-43-39-36-33-30-27-24-21-18-15-12-9-6-3)71-80-74(77)68-65-62-59-56-53-50-47-44-41-38-35-32-29-26-23-20-17-14-11-8-5-2/h9,12,18,21,27,30,32,35-36,39,46,49,55,58,73H,4-8,10-11,13-17,19-20,22-26,28-29,31,33-34,37-38,40-45,47-48,50-54,56-57,59-72H2,1-3H3/b12-9-,21-18-,30-27-,35-32-,39-36-,49-46-,58-55-. The maximum atomic E-state index is 12.9. The first-order valence-electron chi connectivity index (χ1n) is 35.6. The number of ether oxygens (including phenoxy) is 3. The Hall–Kier alpha value is -3.41. The molecule has 0 saturated heterocycles. The van der Waals surface area contributed by atoms with Crippen LogP contribution >= 0.6 is 0 Å². The van der Waals surface area contributed by atoms with E-state index in [1.807, 2.05) is 0 Å². The lowest BCUT2D eigenvalue weighted by Gasteiger charge is -2.18. The second-order valence-corrected chi connectivity index (χ2v) is 23.8. The van der Waals surface area contributed by atoms with E-state index < -0.39 is 6.10 Å². The highest BCUT2D eigenvalue weighted by Gasteiger charge is 2.19. The third kappa shape index (κ3) is 67.4. The van der Waals surface area contributed by atoms with Crippen LogP contribution in [0.25, 0.3) is 0 Å². The molecular weight excluding hydrogens is 1010 g/mol. The van der Waals surface area contributed by atoms with E-state index in [9.17, 15) is 14.4 Å². The maximum Gasteiger partial charge on any atom is 0.306 e. The fraction of sp³-hybridized carbons (Fsp3) is 0.776. The summed E-state index contributed by atoms with van der Waals surface area (Å²) in [5.41, 5.74) is 0. The number of carbonyl (C=O) groups excluding carboxylic acids is 3. The molecule has 0 aliphatic heterocycles. The van der Waals surface area contributed by atoms with Gasteiger partial charge >= 0.3 is 17.9 Å². The Labute approximate surface area is 509 Å². The molecule has 1 atom stereocenters. The molecule has 0 radical (unpaired) electrons. The lowest BCUT2D eigenvalue weighted by Crippen LogP contribution is -2.30. The van der Waals surface area contributed by atoms with Crippen LogP contribution < -0.4 is 0 Å². The Morgan fingerprint density at radius 3 is 0.780 bits per heavy atom. The summed E-state index contributed by atoms with van der Waals surface area (Å²) in [5.74, 6) is -0.917. The minimum atomic E-state index is -0.802. The molecule has 1 unspecified atom stereocenters. The Morgan fingerprint density at radius 2 is 0.476 bits per heavy atom. The van der Waals surface area contributed by atoms with Crippen molar-refractivity contribution >= 4 is 17.9 Å². The zero-order chi connectivity index (χ0) is 59.2. The number of unbranched alkanes of at least 4 members (excludes halogenated alkanes) is 40. The summed E-state index contributed by atoms with van der Waals surface area (Å²) in [5, 5.41) is 0. The van der Waals surface area contributed by atoms with Crippen molar-refractivity contribution < 1.29 is 28.6 Å². The minimum Gasteiger partial charge on any atom is -0.462 e. The lowest BCUT2D eigenvalue weighted by atomic mass is 10.0. The van der Waals surface area contributed by atoms with Crippen molar-refractivity contribution in [3.8, 4) is 0 Å². The zero-order valence-corrected chi connectivity index (χ0v) is 54.5. The van der Waals surface area contributed by atoms with Gasteiger partial charge in [0.25, 0.3) is 0 Å². The van der Waals surface area contributed by atoms with Crippen molar-refractivity contribution in [2.24, 2.45) is 0 Å². The molecule has 0 N–H and O–H groups in total. The fourth-order valence-electron chi connectivity index (χ4n) is 10.3. The molecule has 0 aromatic rings. The van der Waals surface area contributed by atoms with Gasteiger partial charge in [0.2, 0.25) is 0 Å². The van der Waals surface area contributed by atoms with Crippen LogP contribution in [0.5, 0.6) is 0 Å².